The first kappa shape index (κ1) is 13.9. The molecule has 16 heavy (non-hydrogen) atoms. The van der Waals surface area contributed by atoms with Crippen molar-refractivity contribution in [2.24, 2.45) is 5.92 Å². The van der Waals surface area contributed by atoms with Crippen LogP contribution in [-0.2, 0) is 4.74 Å². The van der Waals surface area contributed by atoms with Crippen molar-refractivity contribution < 1.29 is 4.74 Å². The fourth-order valence-corrected chi connectivity index (χ4v) is 2.41. The number of piperidine rings is 1. The van der Waals surface area contributed by atoms with Crippen molar-refractivity contribution in [3.05, 3.63) is 0 Å². The smallest absolute Gasteiger partial charge is 0.0695 e. The van der Waals surface area contributed by atoms with Gasteiger partial charge in [-0.1, -0.05) is 6.92 Å². The fourth-order valence-electron chi connectivity index (χ4n) is 2.41. The molecule has 96 valence electrons. The van der Waals surface area contributed by atoms with Gasteiger partial charge in [-0.3, -0.25) is 4.90 Å². The van der Waals surface area contributed by atoms with Crippen LogP contribution in [0.5, 0.6) is 0 Å². The van der Waals surface area contributed by atoms with Crippen molar-refractivity contribution in [3.8, 4) is 0 Å². The molecule has 0 saturated carbocycles. The first-order chi connectivity index (χ1) is 7.69. The molecule has 0 aromatic heterocycles. The summed E-state index contributed by atoms with van der Waals surface area (Å²) >= 11 is 0. The fraction of sp³-hybridized carbons (Fsp3) is 1.00. The van der Waals surface area contributed by atoms with E-state index in [0.29, 0.717) is 12.1 Å². The molecule has 1 heterocycles. The maximum absolute atomic E-state index is 5.40. The molecule has 3 nitrogen and oxygen atoms in total. The predicted octanol–water partition coefficient (Wildman–Crippen LogP) is 1.73. The number of methoxy groups -OCH3 is 1. The van der Waals surface area contributed by atoms with Crippen LogP contribution in [0.3, 0.4) is 0 Å². The molecule has 1 saturated heterocycles. The molecule has 2 unspecified atom stereocenters. The van der Waals surface area contributed by atoms with Gasteiger partial charge in [0.1, 0.15) is 0 Å². The Bertz CT molecular complexity index is 179. The number of likely N-dealkylation sites (tertiary alicyclic amines) is 1. The molecule has 0 aromatic rings. The summed E-state index contributed by atoms with van der Waals surface area (Å²) in [5.41, 5.74) is 0. The number of ether oxygens (including phenoxy) is 1. The zero-order valence-electron chi connectivity index (χ0n) is 11.3. The lowest BCUT2D eigenvalue weighted by molar-refractivity contribution is 0.0187. The summed E-state index contributed by atoms with van der Waals surface area (Å²) in [5.74, 6) is 0.876. The molecule has 1 rings (SSSR count). The van der Waals surface area contributed by atoms with Crippen LogP contribution in [0.25, 0.3) is 0 Å². The molecule has 2 atom stereocenters. The number of hydrogen-bond acceptors (Lipinski definition) is 3. The molecule has 0 aliphatic carbocycles. The molecule has 1 aliphatic heterocycles. The van der Waals surface area contributed by atoms with Crippen molar-refractivity contribution >= 4 is 0 Å². The van der Waals surface area contributed by atoms with Gasteiger partial charge in [-0.25, -0.2) is 0 Å². The van der Waals surface area contributed by atoms with E-state index in [9.17, 15) is 0 Å². The molecule has 1 fully saturated rings. The topological polar surface area (TPSA) is 24.5 Å². The zero-order chi connectivity index (χ0) is 12.0. The Morgan fingerprint density at radius 3 is 2.44 bits per heavy atom. The van der Waals surface area contributed by atoms with Gasteiger partial charge in [0.05, 0.1) is 6.10 Å². The first-order valence-electron chi connectivity index (χ1n) is 6.66. The highest BCUT2D eigenvalue weighted by Gasteiger charge is 2.25. The second-order valence-corrected chi connectivity index (χ2v) is 4.97. The normalized spacial score (nSPS) is 23.2. The standard InChI is InChI=1S/C13H28N2O/c1-5-14-10-13-6-8-15(9-7-13)11(2)12(3)16-4/h11-14H,5-10H2,1-4H3. The van der Waals surface area contributed by atoms with Crippen LogP contribution in [0.2, 0.25) is 0 Å². The highest BCUT2D eigenvalue weighted by molar-refractivity contribution is 4.80. The number of nitrogens with zero attached hydrogens (tertiary/aromatic N) is 1. The van der Waals surface area contributed by atoms with E-state index in [4.69, 9.17) is 4.74 Å². The molecule has 0 radical (unpaired) electrons. The lowest BCUT2D eigenvalue weighted by Crippen LogP contribution is -2.46. The summed E-state index contributed by atoms with van der Waals surface area (Å²) in [7, 11) is 1.80. The second kappa shape index (κ2) is 7.25. The Morgan fingerprint density at radius 1 is 1.31 bits per heavy atom. The van der Waals surface area contributed by atoms with Gasteiger partial charge in [-0.2, -0.15) is 0 Å². The average molecular weight is 228 g/mol. The summed E-state index contributed by atoms with van der Waals surface area (Å²) in [4.78, 5) is 2.57. The minimum absolute atomic E-state index is 0.338. The lowest BCUT2D eigenvalue weighted by Gasteiger charge is -2.38. The SMILES string of the molecule is CCNCC1CCN(C(C)C(C)OC)CC1. The third kappa shape index (κ3) is 4.04. The average Bonchev–Trinajstić information content (AvgIpc) is 2.35. The summed E-state index contributed by atoms with van der Waals surface area (Å²) < 4.78 is 5.40. The van der Waals surface area contributed by atoms with E-state index in [1.807, 2.05) is 0 Å². The highest BCUT2D eigenvalue weighted by atomic mass is 16.5. The molecule has 3 heteroatoms. The largest absolute Gasteiger partial charge is 0.380 e. The van der Waals surface area contributed by atoms with E-state index in [1.165, 1.54) is 32.5 Å². The van der Waals surface area contributed by atoms with E-state index >= 15 is 0 Å². The van der Waals surface area contributed by atoms with E-state index in [-0.39, 0.29) is 0 Å². The van der Waals surface area contributed by atoms with Crippen LogP contribution in [0.4, 0.5) is 0 Å². The number of rotatable bonds is 6. The quantitative estimate of drug-likeness (QED) is 0.749. The van der Waals surface area contributed by atoms with E-state index in [0.717, 1.165) is 12.5 Å². The molecule has 1 N–H and O–H groups in total. The summed E-state index contributed by atoms with van der Waals surface area (Å²) in [6.45, 7) is 11.4. The molecular weight excluding hydrogens is 200 g/mol. The van der Waals surface area contributed by atoms with Gasteiger partial charge < -0.3 is 10.1 Å². The Kier molecular flexibility index (Phi) is 6.32. The minimum atomic E-state index is 0.338. The first-order valence-corrected chi connectivity index (χ1v) is 6.66. The van der Waals surface area contributed by atoms with Gasteiger partial charge in [0.2, 0.25) is 0 Å². The van der Waals surface area contributed by atoms with Crippen molar-refractivity contribution in [1.82, 2.24) is 10.2 Å². The second-order valence-electron chi connectivity index (χ2n) is 4.97. The van der Waals surface area contributed by atoms with Gasteiger partial charge in [0.15, 0.2) is 0 Å². The van der Waals surface area contributed by atoms with Crippen LogP contribution in [0.15, 0.2) is 0 Å². The van der Waals surface area contributed by atoms with E-state index in [1.54, 1.807) is 7.11 Å². The molecule has 0 bridgehead atoms. The number of hydrogen-bond donors (Lipinski definition) is 1. The van der Waals surface area contributed by atoms with Gasteiger partial charge in [0.25, 0.3) is 0 Å². The predicted molar refractivity (Wildman–Crippen MR) is 68.8 cm³/mol. The van der Waals surface area contributed by atoms with Gasteiger partial charge in [-0.05, 0) is 58.8 Å². The van der Waals surface area contributed by atoms with Crippen molar-refractivity contribution in [1.29, 1.82) is 0 Å². The van der Waals surface area contributed by atoms with Crippen LogP contribution in [0.1, 0.15) is 33.6 Å². The number of nitrogens with one attached hydrogen (secondary N) is 1. The van der Waals surface area contributed by atoms with Crippen molar-refractivity contribution in [3.63, 3.8) is 0 Å². The third-order valence-corrected chi connectivity index (χ3v) is 3.96. The molecule has 0 aromatic carbocycles. The summed E-state index contributed by atoms with van der Waals surface area (Å²) in [5, 5.41) is 3.45. The monoisotopic (exact) mass is 228 g/mol. The van der Waals surface area contributed by atoms with E-state index < -0.39 is 0 Å². The van der Waals surface area contributed by atoms with Gasteiger partial charge in [-0.15, -0.1) is 0 Å². The van der Waals surface area contributed by atoms with Crippen molar-refractivity contribution in [2.45, 2.75) is 45.8 Å². The Morgan fingerprint density at radius 2 is 1.94 bits per heavy atom. The molecular formula is C13H28N2O. The van der Waals surface area contributed by atoms with Crippen LogP contribution in [0, 0.1) is 5.92 Å². The molecule has 0 amide bonds. The molecule has 0 spiro atoms. The Balaban J connectivity index is 2.25. The van der Waals surface area contributed by atoms with Crippen LogP contribution < -0.4 is 5.32 Å². The highest BCUT2D eigenvalue weighted by Crippen LogP contribution is 2.20. The maximum atomic E-state index is 5.40. The Labute approximate surface area is 101 Å². The third-order valence-electron chi connectivity index (χ3n) is 3.96. The van der Waals surface area contributed by atoms with Gasteiger partial charge >= 0.3 is 0 Å². The maximum Gasteiger partial charge on any atom is 0.0695 e. The lowest BCUT2D eigenvalue weighted by atomic mass is 9.95. The summed E-state index contributed by atoms with van der Waals surface area (Å²) in [6, 6.07) is 0.546. The van der Waals surface area contributed by atoms with Crippen molar-refractivity contribution in [2.75, 3.05) is 33.3 Å². The summed E-state index contributed by atoms with van der Waals surface area (Å²) in [6.07, 6.45) is 2.99. The van der Waals surface area contributed by atoms with Crippen LogP contribution in [-0.4, -0.2) is 50.3 Å². The van der Waals surface area contributed by atoms with E-state index in [2.05, 4.69) is 31.0 Å². The molecule has 1 aliphatic rings. The van der Waals surface area contributed by atoms with Gasteiger partial charge in [0, 0.05) is 13.2 Å². The zero-order valence-corrected chi connectivity index (χ0v) is 11.3. The minimum Gasteiger partial charge on any atom is -0.380 e. The Hall–Kier alpha value is -0.120. The van der Waals surface area contributed by atoms with Crippen LogP contribution >= 0.6 is 0 Å².